The van der Waals surface area contributed by atoms with Gasteiger partial charge in [0, 0.05) is 39.1 Å². The molecule has 0 aromatic rings. The maximum atomic E-state index is 8.91. The quantitative estimate of drug-likeness (QED) is 0.0886. The predicted octanol–water partition coefficient (Wildman–Crippen LogP) is -3.87. The van der Waals surface area contributed by atoms with Gasteiger partial charge in [-0.2, -0.15) is 0 Å². The van der Waals surface area contributed by atoms with Gasteiger partial charge in [0.1, 0.15) is 19.8 Å². The lowest BCUT2D eigenvalue weighted by molar-refractivity contribution is -1.36. The molecule has 0 unspecified atom stereocenters. The van der Waals surface area contributed by atoms with Crippen molar-refractivity contribution < 1.29 is 54.0 Å². The second-order valence-corrected chi connectivity index (χ2v) is 5.22. The first kappa shape index (κ1) is 24.0. The van der Waals surface area contributed by atoms with Gasteiger partial charge in [-0.15, -0.1) is 14.5 Å². The average Bonchev–Trinajstić information content (AvgIpc) is 2.38. The second kappa shape index (κ2) is 14.4. The van der Waals surface area contributed by atoms with Gasteiger partial charge < -0.3 is 34.5 Å². The van der Waals surface area contributed by atoms with Crippen LogP contribution in [0.3, 0.4) is 0 Å². The van der Waals surface area contributed by atoms with Crippen molar-refractivity contribution in [1.82, 2.24) is 0 Å². The zero-order valence-corrected chi connectivity index (χ0v) is 13.6. The molecule has 12 heteroatoms. The van der Waals surface area contributed by atoms with Crippen molar-refractivity contribution in [2.45, 2.75) is 19.3 Å². The van der Waals surface area contributed by atoms with Crippen LogP contribution in [0.25, 0.3) is 0 Å². The van der Waals surface area contributed by atoms with Crippen LogP contribution >= 0.6 is 0 Å². The molecular weight excluding hydrogens is 322 g/mol. The Morgan fingerprint density at radius 3 is 1.18 bits per heavy atom. The number of hydroxylamine groups is 3. The highest BCUT2D eigenvalue weighted by atomic mass is 28.4. The van der Waals surface area contributed by atoms with Gasteiger partial charge in [0.05, 0.1) is 4.97 Å². The second-order valence-electron chi connectivity index (χ2n) is 4.08. The van der Waals surface area contributed by atoms with Gasteiger partial charge in [0.25, 0.3) is 0 Å². The fourth-order valence-corrected chi connectivity index (χ4v) is 0.997. The Morgan fingerprint density at radius 1 is 0.773 bits per heavy atom. The monoisotopic (exact) mass is 349 g/mol. The first-order valence-corrected chi connectivity index (χ1v) is 8.43. The number of rotatable bonds is 12. The molecule has 0 bridgehead atoms. The van der Waals surface area contributed by atoms with Crippen molar-refractivity contribution in [2.24, 2.45) is 0 Å². The zero-order chi connectivity index (χ0) is 17.5. The molecule has 0 saturated carbocycles. The van der Waals surface area contributed by atoms with E-state index in [0.717, 1.165) is 0 Å². The molecule has 6 N–H and O–H groups in total. The average molecular weight is 349 g/mol. The summed E-state index contributed by atoms with van der Waals surface area (Å²) in [6, 6.07) is 0. The van der Waals surface area contributed by atoms with Crippen LogP contribution in [0.5, 0.6) is 0 Å². The third kappa shape index (κ3) is 22.1. The summed E-state index contributed by atoms with van der Waals surface area (Å²) in [4.78, 5) is 46.1. The summed E-state index contributed by atoms with van der Waals surface area (Å²) < 4.78 is 0. The summed E-state index contributed by atoms with van der Waals surface area (Å²) in [5.41, 5.74) is 0. The fraction of sp³-hybridized carbons (Fsp3) is 1.00. The summed E-state index contributed by atoms with van der Waals surface area (Å²) in [7, 11) is -3.29. The number of quaternary nitrogens is 1. The van der Waals surface area contributed by atoms with Crippen molar-refractivity contribution in [1.29, 1.82) is 0 Å². The highest BCUT2D eigenvalue weighted by Crippen LogP contribution is 2.09. The first-order valence-electron chi connectivity index (χ1n) is 6.68. The van der Waals surface area contributed by atoms with Gasteiger partial charge in [-0.05, 0) is 0 Å². The van der Waals surface area contributed by atoms with Crippen LogP contribution in [0.2, 0.25) is 0 Å². The van der Waals surface area contributed by atoms with E-state index in [1.165, 1.54) is 0 Å². The Hall–Kier alpha value is -0.223. The minimum absolute atomic E-state index is 0.0350. The van der Waals surface area contributed by atoms with Gasteiger partial charge in [-0.25, -0.2) is 0 Å². The minimum Gasteiger partial charge on any atom is -0.794 e. The van der Waals surface area contributed by atoms with Crippen molar-refractivity contribution in [3.63, 3.8) is 0 Å². The van der Waals surface area contributed by atoms with Crippen LogP contribution in [0, 0.1) is 0 Å². The van der Waals surface area contributed by atoms with Crippen molar-refractivity contribution >= 4 is 9.05 Å². The smallest absolute Gasteiger partial charge is 0.404 e. The summed E-state index contributed by atoms with van der Waals surface area (Å²) in [5.74, 6) is 0. The molecule has 0 heterocycles. The van der Waals surface area contributed by atoms with E-state index < -0.39 is 14.0 Å². The van der Waals surface area contributed by atoms with Crippen molar-refractivity contribution in [3.05, 3.63) is 0 Å². The normalized spacial score (nSPS) is 12.0. The van der Waals surface area contributed by atoms with Gasteiger partial charge in [0.2, 0.25) is 0 Å². The molecule has 0 rings (SSSR count). The molecule has 11 nitrogen and oxygen atoms in total. The first-order chi connectivity index (χ1) is 10.2. The molecule has 0 spiro atoms. The number of aliphatic hydroxyl groups is 3. The molecular formula is C10H27NO10Si. The van der Waals surface area contributed by atoms with Gasteiger partial charge in [0.15, 0.2) is 7.05 Å². The molecule has 22 heavy (non-hydrogen) atoms. The Kier molecular flexibility index (Phi) is 15.7. The lowest BCUT2D eigenvalue weighted by Crippen LogP contribution is -2.50. The highest BCUT2D eigenvalue weighted by molar-refractivity contribution is 6.44. The summed E-state index contributed by atoms with van der Waals surface area (Å²) in [5, 5.41) is 26.0. The minimum atomic E-state index is -4.86. The Balaban J connectivity index is 0. The molecule has 0 radical (unpaired) electrons. The molecule has 0 aliphatic heterocycles. The van der Waals surface area contributed by atoms with Crippen LogP contribution < -0.4 is 4.80 Å². The summed E-state index contributed by atoms with van der Waals surface area (Å²) >= 11 is 0. The van der Waals surface area contributed by atoms with E-state index in [0.29, 0.717) is 39.1 Å². The van der Waals surface area contributed by atoms with Crippen LogP contribution in [0.1, 0.15) is 19.3 Å². The Labute approximate surface area is 130 Å². The molecule has 0 aromatic heterocycles. The number of nitrogens with zero attached hydrogens (tertiary/aromatic N) is 1. The third-order valence-corrected chi connectivity index (χ3v) is 1.88. The number of hydrogen-bond donors (Lipinski definition) is 6. The van der Waals surface area contributed by atoms with Crippen molar-refractivity contribution in [3.8, 4) is 0 Å². The Bertz CT molecular complexity index is 208. The van der Waals surface area contributed by atoms with E-state index in [1.807, 2.05) is 0 Å². The largest absolute Gasteiger partial charge is 0.794 e. The van der Waals surface area contributed by atoms with Crippen LogP contribution in [-0.4, -0.2) is 90.4 Å². The molecule has 0 saturated heterocycles. The lowest BCUT2D eigenvalue weighted by Gasteiger charge is -2.25. The number of hydrogen-bond acceptors (Lipinski definition) is 10. The lowest BCUT2D eigenvalue weighted by atomic mass is 10.5. The fourth-order valence-electron chi connectivity index (χ4n) is 0.997. The molecule has 0 aliphatic carbocycles. The summed E-state index contributed by atoms with van der Waals surface area (Å²) in [6.07, 6.45) is 1.46. The van der Waals surface area contributed by atoms with E-state index in [9.17, 15) is 0 Å². The third-order valence-electron chi connectivity index (χ3n) is 1.88. The Morgan fingerprint density at radius 2 is 1.00 bits per heavy atom. The van der Waals surface area contributed by atoms with Gasteiger partial charge in [-0.3, -0.25) is 0 Å². The molecule has 0 fully saturated rings. The maximum Gasteiger partial charge on any atom is 0.404 e. The van der Waals surface area contributed by atoms with E-state index in [2.05, 4.69) is 0 Å². The van der Waals surface area contributed by atoms with Gasteiger partial charge in [-0.1, -0.05) is 0 Å². The molecule has 0 aliphatic rings. The molecule has 136 valence electrons. The maximum absolute atomic E-state index is 8.91. The van der Waals surface area contributed by atoms with Crippen LogP contribution in [-0.2, 0) is 14.5 Å². The van der Waals surface area contributed by atoms with Crippen LogP contribution in [0.15, 0.2) is 0 Å². The van der Waals surface area contributed by atoms with Crippen molar-refractivity contribution in [2.75, 3.05) is 46.7 Å². The van der Waals surface area contributed by atoms with Gasteiger partial charge >= 0.3 is 9.05 Å². The standard InChI is InChI=1S/C10H24NO6.H3O4Si/c1-11(15-8-2-5-12,16-9-3-6-13)17-10-4-7-14;1-5(2,3)4/h12-14H,2-10H2,1H3;1-3H/q+1;-1. The molecule has 0 aromatic carbocycles. The van der Waals surface area contributed by atoms with E-state index in [1.54, 1.807) is 7.05 Å². The molecule has 0 amide bonds. The van der Waals surface area contributed by atoms with E-state index in [4.69, 9.17) is 49.0 Å². The SMILES string of the molecule is C[N+](OCCCO)(OCCCO)OCCCO.[O-][Si](O)(O)O. The zero-order valence-electron chi connectivity index (χ0n) is 12.6. The topological polar surface area (TPSA) is 172 Å². The van der Waals surface area contributed by atoms with Crippen LogP contribution in [0.4, 0.5) is 0 Å². The molecule has 0 atom stereocenters. The van der Waals surface area contributed by atoms with E-state index in [-0.39, 0.29) is 19.8 Å². The van der Waals surface area contributed by atoms with E-state index >= 15 is 0 Å². The summed E-state index contributed by atoms with van der Waals surface area (Å²) in [6.45, 7) is 0.996. The highest BCUT2D eigenvalue weighted by Gasteiger charge is 2.28. The predicted molar refractivity (Wildman–Crippen MR) is 71.6 cm³/mol. The number of aliphatic hydroxyl groups excluding tert-OH is 3.